The van der Waals surface area contributed by atoms with Crippen molar-refractivity contribution in [3.63, 3.8) is 0 Å². The van der Waals surface area contributed by atoms with Gasteiger partial charge in [0.15, 0.2) is 0 Å². The number of ether oxygens (including phenoxy) is 2. The van der Waals surface area contributed by atoms with Gasteiger partial charge in [0.25, 0.3) is 0 Å². The van der Waals surface area contributed by atoms with Crippen LogP contribution in [0.3, 0.4) is 0 Å². The average Bonchev–Trinajstić information content (AvgIpc) is 2.84. The Balaban J connectivity index is 1.48. The number of hydrogen-bond donors (Lipinski definition) is 2. The molecule has 2 amide bonds. The fourth-order valence-corrected chi connectivity index (χ4v) is 3.25. The molecular formula is C25H23Cl2N3O4. The average molecular weight is 500 g/mol. The van der Waals surface area contributed by atoms with Gasteiger partial charge in [-0.25, -0.2) is 5.43 Å². The lowest BCUT2D eigenvalue weighted by Crippen LogP contribution is -2.20. The second-order valence-corrected chi connectivity index (χ2v) is 7.93. The van der Waals surface area contributed by atoms with Gasteiger partial charge >= 0.3 is 0 Å². The van der Waals surface area contributed by atoms with Crippen molar-refractivity contribution in [2.45, 2.75) is 19.4 Å². The van der Waals surface area contributed by atoms with Crippen molar-refractivity contribution in [3.05, 3.63) is 87.9 Å². The highest BCUT2D eigenvalue weighted by molar-refractivity contribution is 6.42. The first-order chi connectivity index (χ1) is 16.5. The summed E-state index contributed by atoms with van der Waals surface area (Å²) in [6.45, 7) is 0.287. The number of nitrogens with zero attached hydrogens (tertiary/aromatic N) is 1. The van der Waals surface area contributed by atoms with Crippen molar-refractivity contribution in [2.24, 2.45) is 5.10 Å². The summed E-state index contributed by atoms with van der Waals surface area (Å²) in [4.78, 5) is 24.2. The van der Waals surface area contributed by atoms with E-state index >= 15 is 0 Å². The summed E-state index contributed by atoms with van der Waals surface area (Å²) in [5.41, 5.74) is 4.51. The van der Waals surface area contributed by atoms with Crippen LogP contribution in [0.15, 0.2) is 71.8 Å². The van der Waals surface area contributed by atoms with E-state index in [1.54, 1.807) is 48.5 Å². The summed E-state index contributed by atoms with van der Waals surface area (Å²) in [6.07, 6.45) is 1.47. The summed E-state index contributed by atoms with van der Waals surface area (Å²) in [7, 11) is 1.52. The largest absolute Gasteiger partial charge is 0.495 e. The van der Waals surface area contributed by atoms with Crippen LogP contribution in [-0.2, 0) is 16.2 Å². The van der Waals surface area contributed by atoms with Crippen molar-refractivity contribution < 1.29 is 19.1 Å². The fraction of sp³-hybridized carbons (Fsp3) is 0.160. The van der Waals surface area contributed by atoms with Crippen molar-refractivity contribution in [1.29, 1.82) is 0 Å². The monoisotopic (exact) mass is 499 g/mol. The van der Waals surface area contributed by atoms with E-state index in [4.69, 9.17) is 32.7 Å². The summed E-state index contributed by atoms with van der Waals surface area (Å²) in [5.74, 6) is 0.443. The Morgan fingerprint density at radius 3 is 2.38 bits per heavy atom. The van der Waals surface area contributed by atoms with Crippen LogP contribution in [0.1, 0.15) is 24.0 Å². The first-order valence-electron chi connectivity index (χ1n) is 10.4. The van der Waals surface area contributed by atoms with Gasteiger partial charge in [-0.05, 0) is 42.0 Å². The molecule has 0 spiro atoms. The van der Waals surface area contributed by atoms with Crippen LogP contribution in [0.2, 0.25) is 10.0 Å². The number of amides is 2. The molecule has 0 fully saturated rings. The molecule has 0 aliphatic carbocycles. The smallest absolute Gasteiger partial charge is 0.240 e. The van der Waals surface area contributed by atoms with E-state index in [9.17, 15) is 9.59 Å². The van der Waals surface area contributed by atoms with Crippen molar-refractivity contribution in [2.75, 3.05) is 12.4 Å². The summed E-state index contributed by atoms with van der Waals surface area (Å²) >= 11 is 12.0. The van der Waals surface area contributed by atoms with Crippen LogP contribution < -0.4 is 20.2 Å². The van der Waals surface area contributed by atoms with E-state index in [2.05, 4.69) is 15.8 Å². The van der Waals surface area contributed by atoms with Gasteiger partial charge < -0.3 is 14.8 Å². The van der Waals surface area contributed by atoms with Gasteiger partial charge in [0.1, 0.15) is 18.1 Å². The lowest BCUT2D eigenvalue weighted by atomic mass is 10.2. The molecule has 0 unspecified atom stereocenters. The number of methoxy groups -OCH3 is 1. The number of carbonyl (C=O) groups is 2. The molecule has 34 heavy (non-hydrogen) atoms. The molecule has 0 radical (unpaired) electrons. The Morgan fingerprint density at radius 2 is 1.62 bits per heavy atom. The lowest BCUT2D eigenvalue weighted by molar-refractivity contribution is -0.124. The molecule has 9 heteroatoms. The zero-order valence-electron chi connectivity index (χ0n) is 18.4. The van der Waals surface area contributed by atoms with E-state index < -0.39 is 0 Å². The van der Waals surface area contributed by atoms with Crippen LogP contribution in [-0.4, -0.2) is 25.1 Å². The Labute approximate surface area is 207 Å². The molecule has 3 rings (SSSR count). The molecular weight excluding hydrogens is 477 g/mol. The first kappa shape index (κ1) is 25.1. The number of nitrogens with one attached hydrogen (secondary N) is 2. The quantitative estimate of drug-likeness (QED) is 0.286. The third-order valence-corrected chi connectivity index (χ3v) is 5.39. The minimum absolute atomic E-state index is 0.00273. The SMILES string of the molecule is COc1ccccc1NC(=O)CCC(=O)NN=Cc1ccccc1OCc1ccc(Cl)c(Cl)c1. The number of rotatable bonds is 10. The summed E-state index contributed by atoms with van der Waals surface area (Å²) in [6, 6.07) is 19.6. The van der Waals surface area contributed by atoms with Gasteiger partial charge in [0.2, 0.25) is 11.8 Å². The minimum Gasteiger partial charge on any atom is -0.495 e. The molecule has 0 heterocycles. The molecule has 2 N–H and O–H groups in total. The standard InChI is InChI=1S/C25H23Cl2N3O4/c1-33-23-9-5-3-7-21(23)29-24(31)12-13-25(32)30-28-15-18-6-2-4-8-22(18)34-16-17-10-11-19(26)20(27)14-17/h2-11,14-15H,12-13,16H2,1H3,(H,29,31)(H,30,32). The van der Waals surface area contributed by atoms with Crippen LogP contribution in [0.5, 0.6) is 11.5 Å². The normalized spacial score (nSPS) is 10.7. The number of benzene rings is 3. The van der Waals surface area contributed by atoms with Gasteiger partial charge in [-0.15, -0.1) is 0 Å². The van der Waals surface area contributed by atoms with Crippen LogP contribution in [0.25, 0.3) is 0 Å². The molecule has 3 aromatic rings. The minimum atomic E-state index is -0.388. The Bertz CT molecular complexity index is 1180. The lowest BCUT2D eigenvalue weighted by Gasteiger charge is -2.10. The Morgan fingerprint density at radius 1 is 0.912 bits per heavy atom. The maximum atomic E-state index is 12.1. The van der Waals surface area contributed by atoms with Gasteiger partial charge in [-0.1, -0.05) is 53.5 Å². The van der Waals surface area contributed by atoms with Gasteiger partial charge in [-0.3, -0.25) is 9.59 Å². The van der Waals surface area contributed by atoms with Gasteiger partial charge in [0, 0.05) is 18.4 Å². The molecule has 3 aromatic carbocycles. The molecule has 0 aliphatic rings. The Kier molecular flexibility index (Phi) is 9.31. The number of hydrogen-bond acceptors (Lipinski definition) is 5. The van der Waals surface area contributed by atoms with E-state index in [1.165, 1.54) is 13.3 Å². The van der Waals surface area contributed by atoms with Crippen molar-refractivity contribution in [1.82, 2.24) is 5.43 Å². The second-order valence-electron chi connectivity index (χ2n) is 7.12. The molecule has 0 saturated carbocycles. The second kappa shape index (κ2) is 12.6. The number of para-hydroxylation sites is 3. The molecule has 176 valence electrons. The van der Waals surface area contributed by atoms with Crippen LogP contribution in [0.4, 0.5) is 5.69 Å². The van der Waals surface area contributed by atoms with Crippen molar-refractivity contribution in [3.8, 4) is 11.5 Å². The molecule has 0 aromatic heterocycles. The highest BCUT2D eigenvalue weighted by atomic mass is 35.5. The number of halogens is 2. The van der Waals surface area contributed by atoms with E-state index in [0.717, 1.165) is 5.56 Å². The third kappa shape index (κ3) is 7.50. The first-order valence-corrected chi connectivity index (χ1v) is 11.1. The van der Waals surface area contributed by atoms with Crippen molar-refractivity contribution >= 4 is 46.9 Å². The number of anilines is 1. The van der Waals surface area contributed by atoms with E-state index in [1.807, 2.05) is 18.2 Å². The van der Waals surface area contributed by atoms with E-state index in [-0.39, 0.29) is 31.3 Å². The highest BCUT2D eigenvalue weighted by Crippen LogP contribution is 2.25. The molecule has 0 atom stereocenters. The van der Waals surface area contributed by atoms with Crippen LogP contribution >= 0.6 is 23.2 Å². The zero-order chi connectivity index (χ0) is 24.3. The predicted octanol–water partition coefficient (Wildman–Crippen LogP) is 5.45. The summed E-state index contributed by atoms with van der Waals surface area (Å²) < 4.78 is 11.1. The zero-order valence-corrected chi connectivity index (χ0v) is 19.9. The number of carbonyl (C=O) groups excluding carboxylic acids is 2. The van der Waals surface area contributed by atoms with Gasteiger partial charge in [-0.2, -0.15) is 5.10 Å². The summed E-state index contributed by atoms with van der Waals surface area (Å²) in [5, 5.41) is 7.64. The maximum absolute atomic E-state index is 12.1. The fourth-order valence-electron chi connectivity index (χ4n) is 2.93. The number of hydrazone groups is 1. The third-order valence-electron chi connectivity index (χ3n) is 4.65. The van der Waals surface area contributed by atoms with Gasteiger partial charge in [0.05, 0.1) is 29.1 Å². The topological polar surface area (TPSA) is 89.0 Å². The maximum Gasteiger partial charge on any atom is 0.240 e. The van der Waals surface area contributed by atoms with Crippen LogP contribution in [0, 0.1) is 0 Å². The molecule has 0 saturated heterocycles. The molecule has 7 nitrogen and oxygen atoms in total. The highest BCUT2D eigenvalue weighted by Gasteiger charge is 2.10. The van der Waals surface area contributed by atoms with E-state index in [0.29, 0.717) is 32.8 Å². The predicted molar refractivity (Wildman–Crippen MR) is 134 cm³/mol. The molecule has 0 bridgehead atoms. The molecule has 0 aliphatic heterocycles. The Hall–Kier alpha value is -3.55.